The van der Waals surface area contributed by atoms with E-state index < -0.39 is 0 Å². The molecule has 63 heavy (non-hydrogen) atoms. The summed E-state index contributed by atoms with van der Waals surface area (Å²) in [6, 6.07) is 82.9. The van der Waals surface area contributed by atoms with Crippen molar-refractivity contribution in [2.45, 2.75) is 19.3 Å². The van der Waals surface area contributed by atoms with E-state index in [0.717, 1.165) is 17.1 Å². The molecule has 12 rings (SSSR count). The van der Waals surface area contributed by atoms with E-state index in [4.69, 9.17) is 0 Å². The highest BCUT2D eigenvalue weighted by atomic mass is 32.1. The van der Waals surface area contributed by atoms with Crippen LogP contribution < -0.4 is 4.90 Å². The predicted molar refractivity (Wildman–Crippen MR) is 271 cm³/mol. The van der Waals surface area contributed by atoms with Crippen LogP contribution in [0.5, 0.6) is 0 Å². The second-order valence-corrected chi connectivity index (χ2v) is 18.3. The smallest absolute Gasteiger partial charge is 0.0546 e. The molecule has 0 radical (unpaired) electrons. The van der Waals surface area contributed by atoms with Crippen molar-refractivity contribution in [2.75, 3.05) is 4.90 Å². The van der Waals surface area contributed by atoms with Crippen molar-refractivity contribution < 1.29 is 0 Å². The van der Waals surface area contributed by atoms with Crippen LogP contribution in [0.25, 0.3) is 86.6 Å². The Morgan fingerprint density at radius 1 is 0.365 bits per heavy atom. The van der Waals surface area contributed by atoms with E-state index in [1.807, 2.05) is 11.3 Å². The number of hydrogen-bond acceptors (Lipinski definition) is 2. The van der Waals surface area contributed by atoms with Gasteiger partial charge in [0.2, 0.25) is 0 Å². The zero-order valence-corrected chi connectivity index (χ0v) is 36.0. The summed E-state index contributed by atoms with van der Waals surface area (Å²) in [5, 5.41) is 5.11. The maximum atomic E-state index is 2.45. The molecule has 0 aliphatic heterocycles. The summed E-state index contributed by atoms with van der Waals surface area (Å²) in [5.41, 5.74) is 18.4. The number of hydrogen-bond donors (Lipinski definition) is 0. The van der Waals surface area contributed by atoms with Crippen molar-refractivity contribution in [3.05, 3.63) is 236 Å². The van der Waals surface area contributed by atoms with Crippen LogP contribution in [0.15, 0.2) is 224 Å². The normalized spacial score (nSPS) is 12.7. The Labute approximate surface area is 372 Å². The van der Waals surface area contributed by atoms with Gasteiger partial charge in [-0.05, 0) is 114 Å². The first-order valence-corrected chi connectivity index (χ1v) is 22.6. The highest BCUT2D eigenvalue weighted by Gasteiger charge is 2.37. The molecule has 11 aromatic rings. The van der Waals surface area contributed by atoms with E-state index in [1.54, 1.807) is 0 Å². The summed E-state index contributed by atoms with van der Waals surface area (Å²) in [5.74, 6) is 0. The minimum absolute atomic E-state index is 0.108. The van der Waals surface area contributed by atoms with Crippen molar-refractivity contribution in [1.82, 2.24) is 0 Å². The van der Waals surface area contributed by atoms with Gasteiger partial charge in [-0.15, -0.1) is 11.3 Å². The van der Waals surface area contributed by atoms with E-state index in [9.17, 15) is 0 Å². The fourth-order valence-corrected chi connectivity index (χ4v) is 11.4. The Bertz CT molecular complexity index is 3520. The first-order chi connectivity index (χ1) is 31.0. The highest BCUT2D eigenvalue weighted by Crippen LogP contribution is 2.52. The SMILES string of the molecule is CC1(C)c2ccccc2-c2cccc(-c3ccc(N(c4ccc(-c5cccc6c5sc5ccccc56)cc4)c4cc(-c5ccc6ccccc6c5)ccc4-c4ccccc4)cc3)c21. The Morgan fingerprint density at radius 3 is 1.73 bits per heavy atom. The van der Waals surface area contributed by atoms with Crippen LogP contribution in [0.3, 0.4) is 0 Å². The molecule has 0 N–H and O–H groups in total. The summed E-state index contributed by atoms with van der Waals surface area (Å²) in [7, 11) is 0. The minimum atomic E-state index is -0.108. The third kappa shape index (κ3) is 6.21. The number of fused-ring (bicyclic) bond motifs is 7. The van der Waals surface area contributed by atoms with Crippen LogP contribution >= 0.6 is 11.3 Å². The van der Waals surface area contributed by atoms with Crippen LogP contribution in [0.1, 0.15) is 25.0 Å². The summed E-state index contributed by atoms with van der Waals surface area (Å²) in [6.45, 7) is 4.74. The van der Waals surface area contributed by atoms with Gasteiger partial charge in [-0.2, -0.15) is 0 Å². The first kappa shape index (κ1) is 37.3. The topological polar surface area (TPSA) is 3.24 Å². The number of benzene rings is 10. The fraction of sp³-hybridized carbons (Fsp3) is 0.0492. The molecule has 1 aliphatic rings. The van der Waals surface area contributed by atoms with Gasteiger partial charge in [-0.25, -0.2) is 0 Å². The van der Waals surface area contributed by atoms with Gasteiger partial charge in [0.15, 0.2) is 0 Å². The van der Waals surface area contributed by atoms with Gasteiger partial charge in [0.25, 0.3) is 0 Å². The molecule has 1 aromatic heterocycles. The van der Waals surface area contributed by atoms with Gasteiger partial charge < -0.3 is 4.90 Å². The van der Waals surface area contributed by atoms with Crippen LogP contribution in [0, 0.1) is 0 Å². The molecule has 0 fully saturated rings. The Balaban J connectivity index is 1.03. The average molecular weight is 822 g/mol. The molecule has 0 bridgehead atoms. The number of rotatable bonds is 7. The monoisotopic (exact) mass is 821 g/mol. The van der Waals surface area contributed by atoms with Crippen molar-refractivity contribution in [2.24, 2.45) is 0 Å². The average Bonchev–Trinajstić information content (AvgIpc) is 3.84. The highest BCUT2D eigenvalue weighted by molar-refractivity contribution is 7.26. The largest absolute Gasteiger partial charge is 0.310 e. The van der Waals surface area contributed by atoms with E-state index in [1.165, 1.54) is 97.7 Å². The van der Waals surface area contributed by atoms with Crippen molar-refractivity contribution >= 4 is 59.3 Å². The van der Waals surface area contributed by atoms with E-state index in [2.05, 4.69) is 243 Å². The fourth-order valence-electron chi connectivity index (χ4n) is 10.2. The Hall–Kier alpha value is -7.52. The molecule has 298 valence electrons. The standard InChI is InChI=1S/C61H43NS/c1-61(2)56-24-10-8-18-52(56)54-22-12-20-50(59(54)61)42-28-33-47(34-29-42)62(48-35-30-43(31-36-48)51-21-13-23-55-53-19-9-11-25-58(53)63-60(51)55)57-39-46(32-37-49(57)41-15-4-3-5-16-41)45-27-26-40-14-6-7-17-44(40)38-45/h3-39H,1-2H3. The second-order valence-electron chi connectivity index (χ2n) is 17.3. The maximum absolute atomic E-state index is 2.45. The number of anilines is 3. The molecule has 10 aromatic carbocycles. The molecular formula is C61H43NS. The van der Waals surface area contributed by atoms with Gasteiger partial charge in [0.05, 0.1) is 5.69 Å². The third-order valence-corrected chi connectivity index (χ3v) is 14.5. The Kier molecular flexibility index (Phi) is 8.77. The van der Waals surface area contributed by atoms with Gasteiger partial charge in [-0.1, -0.05) is 196 Å². The Morgan fingerprint density at radius 2 is 0.921 bits per heavy atom. The summed E-state index contributed by atoms with van der Waals surface area (Å²) < 4.78 is 2.64. The van der Waals surface area contributed by atoms with Gasteiger partial charge in [-0.3, -0.25) is 0 Å². The molecule has 0 saturated carbocycles. The molecule has 0 spiro atoms. The zero-order chi connectivity index (χ0) is 42.1. The molecule has 0 unspecified atom stereocenters. The molecular weight excluding hydrogens is 779 g/mol. The molecule has 2 heteroatoms. The second kappa shape index (κ2) is 14.8. The lowest BCUT2D eigenvalue weighted by Gasteiger charge is -2.29. The van der Waals surface area contributed by atoms with Gasteiger partial charge in [0.1, 0.15) is 0 Å². The van der Waals surface area contributed by atoms with E-state index in [0.29, 0.717) is 0 Å². The molecule has 0 saturated heterocycles. The lowest BCUT2D eigenvalue weighted by atomic mass is 9.79. The lowest BCUT2D eigenvalue weighted by Crippen LogP contribution is -2.16. The third-order valence-electron chi connectivity index (χ3n) is 13.3. The molecule has 0 atom stereocenters. The van der Waals surface area contributed by atoms with Crippen molar-refractivity contribution in [3.63, 3.8) is 0 Å². The van der Waals surface area contributed by atoms with Gasteiger partial charge in [0, 0.05) is 42.5 Å². The summed E-state index contributed by atoms with van der Waals surface area (Å²) in [4.78, 5) is 2.45. The first-order valence-electron chi connectivity index (χ1n) is 21.8. The molecule has 1 heterocycles. The van der Waals surface area contributed by atoms with Crippen LogP contribution in [-0.4, -0.2) is 0 Å². The molecule has 1 aliphatic carbocycles. The maximum Gasteiger partial charge on any atom is 0.0546 e. The minimum Gasteiger partial charge on any atom is -0.310 e. The van der Waals surface area contributed by atoms with Gasteiger partial charge >= 0.3 is 0 Å². The van der Waals surface area contributed by atoms with E-state index >= 15 is 0 Å². The predicted octanol–water partition coefficient (Wildman–Crippen LogP) is 17.7. The van der Waals surface area contributed by atoms with Crippen LogP contribution in [0.4, 0.5) is 17.1 Å². The quantitative estimate of drug-likeness (QED) is 0.155. The number of nitrogens with zero attached hydrogens (tertiary/aromatic N) is 1. The summed E-state index contributed by atoms with van der Waals surface area (Å²) in [6.07, 6.45) is 0. The molecule has 0 amide bonds. The number of thiophene rings is 1. The van der Waals surface area contributed by atoms with E-state index in [-0.39, 0.29) is 5.41 Å². The van der Waals surface area contributed by atoms with Crippen molar-refractivity contribution in [1.29, 1.82) is 0 Å². The zero-order valence-electron chi connectivity index (χ0n) is 35.2. The van der Waals surface area contributed by atoms with Crippen LogP contribution in [0.2, 0.25) is 0 Å². The lowest BCUT2D eigenvalue weighted by molar-refractivity contribution is 0.662. The van der Waals surface area contributed by atoms with Crippen molar-refractivity contribution in [3.8, 4) is 55.6 Å². The molecule has 1 nitrogen and oxygen atoms in total. The summed E-state index contributed by atoms with van der Waals surface area (Å²) >= 11 is 1.88. The van der Waals surface area contributed by atoms with Crippen LogP contribution in [-0.2, 0) is 5.41 Å².